The molecule has 38 heavy (non-hydrogen) atoms. The molecule has 2 atom stereocenters. The Kier molecular flexibility index (Phi) is 3.95. The van der Waals surface area contributed by atoms with Gasteiger partial charge >= 0.3 is 0 Å². The number of morpholine rings is 1. The molecule has 0 aromatic heterocycles. The van der Waals surface area contributed by atoms with Crippen molar-refractivity contribution < 1.29 is 44.7 Å². The van der Waals surface area contributed by atoms with Crippen LogP contribution in [0.25, 0.3) is 0 Å². The van der Waals surface area contributed by atoms with Crippen LogP contribution in [0, 0.1) is 5.82 Å². The van der Waals surface area contributed by atoms with Crippen molar-refractivity contribution in [2.75, 3.05) is 13.0 Å². The van der Waals surface area contributed by atoms with Crippen LogP contribution in [0.3, 0.4) is 0 Å². The van der Waals surface area contributed by atoms with Gasteiger partial charge in [0, 0.05) is 57.7 Å². The number of fused-ring (bicyclic) bond motifs is 1. The molecule has 1 N–H and O–H groups in total. The number of halogens is 1. The third kappa shape index (κ3) is 5.44. The lowest BCUT2D eigenvalue weighted by Crippen LogP contribution is -2.56. The topological polar surface area (TPSA) is 88.2 Å². The Morgan fingerprint density at radius 3 is 2.79 bits per heavy atom. The van der Waals surface area contributed by atoms with E-state index in [9.17, 15) is 14.4 Å². The fraction of sp³-hybridized carbons (Fsp3) is 0.483. The van der Waals surface area contributed by atoms with Gasteiger partial charge in [-0.2, -0.15) is 0 Å². The summed E-state index contributed by atoms with van der Waals surface area (Å²) in [4.78, 5) is 39.6. The average molecular weight is 536 g/mol. The SMILES string of the molecule is [2H]C([2H])([2H])C1(C)OC(C)(C)C([2H])([2H])N(Cc2ccc(F)c(COc3cccc4c3CN(C3([2H])C(=O)NC(=O)C([2H])([2H])C3([2H])[2H])C4=O)c2)C1([2H])[2H]. The molecule has 9 heteroatoms. The second-order valence-electron chi connectivity index (χ2n) is 9.73. The summed E-state index contributed by atoms with van der Waals surface area (Å²) in [5.74, 6) is -4.95. The van der Waals surface area contributed by atoms with E-state index in [-0.39, 0.29) is 28.0 Å². The number of nitrogens with one attached hydrogen (secondary N) is 1. The van der Waals surface area contributed by atoms with E-state index in [1.54, 1.807) is 5.32 Å². The Morgan fingerprint density at radius 1 is 1.21 bits per heavy atom. The number of rotatable bonds is 6. The number of imide groups is 1. The highest BCUT2D eigenvalue weighted by Crippen LogP contribution is 2.34. The Hall–Kier alpha value is -3.30. The number of hydrogen-bond donors (Lipinski definition) is 1. The molecule has 0 bridgehead atoms. The second-order valence-corrected chi connectivity index (χ2v) is 9.73. The maximum absolute atomic E-state index is 15.1. The minimum Gasteiger partial charge on any atom is -0.488 e. The van der Waals surface area contributed by atoms with Crippen LogP contribution >= 0.6 is 0 Å². The maximum atomic E-state index is 15.1. The van der Waals surface area contributed by atoms with E-state index in [4.69, 9.17) is 25.9 Å². The number of carbonyl (C=O) groups is 3. The highest BCUT2D eigenvalue weighted by atomic mass is 19.1. The Labute approximate surface area is 238 Å². The zero-order valence-corrected chi connectivity index (χ0v) is 20.9. The molecule has 3 heterocycles. The molecule has 2 aromatic carbocycles. The summed E-state index contributed by atoms with van der Waals surface area (Å²) in [7, 11) is 0. The van der Waals surface area contributed by atoms with E-state index < -0.39 is 93.0 Å². The molecule has 0 aliphatic carbocycles. The number of nitrogens with zero attached hydrogens (tertiary/aromatic N) is 2. The molecular formula is C29H34FN3O5. The van der Waals surface area contributed by atoms with Gasteiger partial charge in [-0.25, -0.2) is 4.39 Å². The van der Waals surface area contributed by atoms with Gasteiger partial charge in [0.05, 0.1) is 19.1 Å². The third-order valence-corrected chi connectivity index (χ3v) is 5.98. The van der Waals surface area contributed by atoms with Gasteiger partial charge in [0.25, 0.3) is 5.91 Å². The van der Waals surface area contributed by atoms with Crippen LogP contribution in [0.5, 0.6) is 5.75 Å². The van der Waals surface area contributed by atoms with E-state index >= 15 is 4.39 Å². The van der Waals surface area contributed by atoms with Crippen LogP contribution in [-0.4, -0.2) is 57.7 Å². The van der Waals surface area contributed by atoms with Crippen molar-refractivity contribution in [1.82, 2.24) is 15.1 Å². The summed E-state index contributed by atoms with van der Waals surface area (Å²) in [6.45, 7) is -6.42. The van der Waals surface area contributed by atoms with Crippen molar-refractivity contribution in [2.45, 2.75) is 77.3 Å². The molecule has 8 nitrogen and oxygen atoms in total. The number of amides is 3. The van der Waals surface area contributed by atoms with Crippen LogP contribution in [-0.2, 0) is 34.0 Å². The van der Waals surface area contributed by atoms with E-state index in [2.05, 4.69) is 0 Å². The molecule has 2 aromatic rings. The first-order valence-corrected chi connectivity index (χ1v) is 11.8. The minimum atomic E-state index is -3.48. The molecule has 3 aliphatic heterocycles. The zero-order valence-electron chi connectivity index (χ0n) is 32.9. The van der Waals surface area contributed by atoms with Crippen LogP contribution in [0.15, 0.2) is 36.4 Å². The average Bonchev–Trinajstić information content (AvgIpc) is 3.33. The quantitative estimate of drug-likeness (QED) is 0.570. The number of hydrogen-bond acceptors (Lipinski definition) is 6. The summed E-state index contributed by atoms with van der Waals surface area (Å²) in [5, 5.41) is 1.64. The van der Waals surface area contributed by atoms with Gasteiger partial charge in [0.1, 0.15) is 24.2 Å². The first-order valence-electron chi connectivity index (χ1n) is 17.8. The van der Waals surface area contributed by atoms with Gasteiger partial charge in [-0.15, -0.1) is 0 Å². The predicted molar refractivity (Wildman–Crippen MR) is 138 cm³/mol. The maximum Gasteiger partial charge on any atom is 0.255 e. The molecular weight excluding hydrogens is 489 g/mol. The van der Waals surface area contributed by atoms with Gasteiger partial charge in [-0.1, -0.05) is 12.1 Å². The van der Waals surface area contributed by atoms with Crippen molar-refractivity contribution >= 4 is 17.7 Å². The van der Waals surface area contributed by atoms with Crippen LogP contribution in [0.4, 0.5) is 4.39 Å². The normalized spacial score (nSPS) is 37.6. The fourth-order valence-electron chi connectivity index (χ4n) is 4.60. The Morgan fingerprint density at radius 2 is 2.00 bits per heavy atom. The fourth-order valence-corrected chi connectivity index (χ4v) is 4.60. The van der Waals surface area contributed by atoms with Crippen molar-refractivity contribution in [1.29, 1.82) is 0 Å². The molecule has 2 unspecified atom stereocenters. The largest absolute Gasteiger partial charge is 0.488 e. The van der Waals surface area contributed by atoms with Crippen molar-refractivity contribution in [2.24, 2.45) is 0 Å². The molecule has 2 saturated heterocycles. The summed E-state index contributed by atoms with van der Waals surface area (Å²) in [6.07, 6.45) is -6.84. The minimum absolute atomic E-state index is 0.0290. The number of benzene rings is 2. The van der Waals surface area contributed by atoms with Gasteiger partial charge < -0.3 is 14.4 Å². The van der Waals surface area contributed by atoms with Crippen LogP contribution < -0.4 is 10.1 Å². The van der Waals surface area contributed by atoms with Crippen molar-refractivity contribution in [3.05, 3.63) is 64.5 Å². The summed E-state index contributed by atoms with van der Waals surface area (Å²) in [6, 6.07) is 4.46. The van der Waals surface area contributed by atoms with E-state index in [1.165, 1.54) is 44.2 Å². The first-order chi connectivity index (χ1) is 22.6. The molecule has 2 fully saturated rings. The lowest BCUT2D eigenvalue weighted by molar-refractivity contribution is -0.182. The number of piperidine rings is 1. The van der Waals surface area contributed by atoms with Gasteiger partial charge in [-0.3, -0.25) is 24.6 Å². The predicted octanol–water partition coefficient (Wildman–Crippen LogP) is 3.56. The number of carbonyl (C=O) groups excluding carboxylic acids is 3. The van der Waals surface area contributed by atoms with Gasteiger partial charge in [0.2, 0.25) is 11.8 Å². The lowest BCUT2D eigenvalue weighted by Gasteiger charge is -2.47. The highest BCUT2D eigenvalue weighted by Gasteiger charge is 2.40. The monoisotopic (exact) mass is 535 g/mol. The van der Waals surface area contributed by atoms with E-state index in [1.807, 2.05) is 0 Å². The summed E-state index contributed by atoms with van der Waals surface area (Å²) >= 11 is 0. The Bertz CT molecular complexity index is 1790. The van der Waals surface area contributed by atoms with Crippen LogP contribution in [0.1, 0.15) is 83.9 Å². The lowest BCUT2D eigenvalue weighted by atomic mass is 9.98. The van der Waals surface area contributed by atoms with E-state index in [0.717, 1.165) is 17.9 Å². The first kappa shape index (κ1) is 15.3. The smallest absolute Gasteiger partial charge is 0.255 e. The van der Waals surface area contributed by atoms with Crippen molar-refractivity contribution in [3.8, 4) is 5.75 Å². The summed E-state index contributed by atoms with van der Waals surface area (Å²) in [5.41, 5.74) is -4.22. The molecule has 3 aliphatic rings. The van der Waals surface area contributed by atoms with Crippen molar-refractivity contribution in [3.63, 3.8) is 0 Å². The van der Waals surface area contributed by atoms with E-state index in [0.29, 0.717) is 4.90 Å². The summed E-state index contributed by atoms with van der Waals surface area (Å²) < 4.78 is 127. The molecule has 0 saturated carbocycles. The molecule has 5 rings (SSSR count). The van der Waals surface area contributed by atoms with Gasteiger partial charge in [-0.05, 0) is 63.8 Å². The standard InChI is InChI=1S/C29H34FN3O5/c1-28(2)16-32(17-29(3,4)38-28)13-18-8-9-22(30)19(12-18)15-37-24-7-5-6-20-21(24)14-33(27(20)36)23-10-11-25(34)31-26(23)35/h5-9,12,23H,10-11,13-17H2,1-4H3,(H,31,34,35)/i1D3,10D2,11D2,16D2,17D2,23D. The molecule has 0 spiro atoms. The Balaban J connectivity index is 1.43. The molecule has 202 valence electrons. The molecule has 3 amide bonds. The van der Waals surface area contributed by atoms with Crippen LogP contribution in [0.2, 0.25) is 0 Å². The number of ether oxygens (including phenoxy) is 2. The molecule has 0 radical (unpaired) electrons. The third-order valence-electron chi connectivity index (χ3n) is 5.98. The van der Waals surface area contributed by atoms with Gasteiger partial charge in [0.15, 0.2) is 0 Å². The zero-order chi connectivity index (χ0) is 37.8. The highest BCUT2D eigenvalue weighted by molar-refractivity contribution is 6.05. The second kappa shape index (κ2) is 9.78.